The van der Waals surface area contributed by atoms with Crippen LogP contribution in [0.3, 0.4) is 0 Å². The van der Waals surface area contributed by atoms with E-state index in [1.807, 2.05) is 38.2 Å². The first-order valence-electron chi connectivity index (χ1n) is 4.54. The summed E-state index contributed by atoms with van der Waals surface area (Å²) in [5, 5.41) is 3.08. The van der Waals surface area contributed by atoms with Gasteiger partial charge in [0.2, 0.25) is 5.90 Å². The van der Waals surface area contributed by atoms with Crippen LogP contribution in [0.15, 0.2) is 29.3 Å². The Morgan fingerprint density at radius 3 is 3.00 bits per heavy atom. The fourth-order valence-corrected chi connectivity index (χ4v) is 1.38. The highest BCUT2D eigenvalue weighted by atomic mass is 16.7. The Kier molecular flexibility index (Phi) is 2.37. The van der Waals surface area contributed by atoms with Crippen LogP contribution in [0.1, 0.15) is 18.7 Å². The molecule has 0 fully saturated rings. The molecule has 0 spiro atoms. The monoisotopic (exact) mass is 191 g/mol. The molecule has 1 aromatic carbocycles. The molecule has 2 rings (SSSR count). The highest BCUT2D eigenvalue weighted by Crippen LogP contribution is 2.21. The first-order chi connectivity index (χ1) is 6.79. The predicted octanol–water partition coefficient (Wildman–Crippen LogP) is 1.68. The third kappa shape index (κ3) is 1.70. The largest absolute Gasteiger partial charge is 0.391 e. The van der Waals surface area contributed by atoms with Crippen molar-refractivity contribution in [3.05, 3.63) is 29.8 Å². The van der Waals surface area contributed by atoms with Gasteiger partial charge in [-0.3, -0.25) is 0 Å². The van der Waals surface area contributed by atoms with Crippen LogP contribution < -0.4 is 10.8 Å². The summed E-state index contributed by atoms with van der Waals surface area (Å²) in [5.41, 5.74) is 5.01. The van der Waals surface area contributed by atoms with E-state index in [2.05, 4.69) is 15.8 Å². The van der Waals surface area contributed by atoms with E-state index in [1.54, 1.807) is 0 Å². The summed E-state index contributed by atoms with van der Waals surface area (Å²) in [7, 11) is 1.90. The number of aliphatic imine (C=N–C) groups is 1. The van der Waals surface area contributed by atoms with Crippen molar-refractivity contribution in [1.29, 1.82) is 0 Å². The van der Waals surface area contributed by atoms with E-state index in [-0.39, 0.29) is 6.17 Å². The summed E-state index contributed by atoms with van der Waals surface area (Å²) in [4.78, 5) is 9.36. The molecule has 0 amide bonds. The molecule has 1 aromatic rings. The van der Waals surface area contributed by atoms with Gasteiger partial charge in [0.25, 0.3) is 0 Å². The number of anilines is 1. The molecule has 0 aromatic heterocycles. The maximum Gasteiger partial charge on any atom is 0.208 e. The van der Waals surface area contributed by atoms with Gasteiger partial charge in [-0.15, -0.1) is 5.48 Å². The number of rotatable bonds is 2. The zero-order chi connectivity index (χ0) is 9.97. The Balaban J connectivity index is 2.24. The lowest BCUT2D eigenvalue weighted by Crippen LogP contribution is -2.13. The minimum Gasteiger partial charge on any atom is -0.391 e. The lowest BCUT2D eigenvalue weighted by molar-refractivity contribution is 0.178. The van der Waals surface area contributed by atoms with Gasteiger partial charge in [-0.25, -0.2) is 4.99 Å². The maximum absolute atomic E-state index is 5.07. The normalized spacial score (nSPS) is 20.1. The Labute approximate surface area is 82.9 Å². The molecule has 1 unspecified atom stereocenters. The molecule has 0 bridgehead atoms. The molecule has 4 heteroatoms. The van der Waals surface area contributed by atoms with E-state index < -0.39 is 0 Å². The zero-order valence-electron chi connectivity index (χ0n) is 8.24. The second-order valence-corrected chi connectivity index (χ2v) is 3.15. The highest BCUT2D eigenvalue weighted by Gasteiger charge is 2.16. The molecular formula is C10H13N3O. The topological polar surface area (TPSA) is 45.7 Å². The van der Waals surface area contributed by atoms with Gasteiger partial charge in [0.05, 0.1) is 0 Å². The summed E-state index contributed by atoms with van der Waals surface area (Å²) in [5.74, 6) is 0.671. The number of hydroxylamine groups is 1. The van der Waals surface area contributed by atoms with Gasteiger partial charge in [-0.2, -0.15) is 0 Å². The van der Waals surface area contributed by atoms with E-state index in [0.29, 0.717) is 5.90 Å². The highest BCUT2D eigenvalue weighted by molar-refractivity contribution is 5.74. The minimum atomic E-state index is -0.0803. The number of nitrogens with zero attached hydrogens (tertiary/aromatic N) is 1. The summed E-state index contributed by atoms with van der Waals surface area (Å²) in [6, 6.07) is 8.06. The molecule has 0 saturated heterocycles. The van der Waals surface area contributed by atoms with Crippen molar-refractivity contribution in [2.75, 3.05) is 12.4 Å². The van der Waals surface area contributed by atoms with Gasteiger partial charge < -0.3 is 10.2 Å². The zero-order valence-corrected chi connectivity index (χ0v) is 8.24. The van der Waals surface area contributed by atoms with Gasteiger partial charge in [0.15, 0.2) is 6.17 Å². The number of nitrogens with one attached hydrogen (secondary N) is 2. The van der Waals surface area contributed by atoms with Crippen molar-refractivity contribution in [2.45, 2.75) is 13.1 Å². The van der Waals surface area contributed by atoms with Crippen molar-refractivity contribution in [1.82, 2.24) is 5.48 Å². The van der Waals surface area contributed by atoms with Crippen LogP contribution in [0.5, 0.6) is 0 Å². The minimum absolute atomic E-state index is 0.0803. The van der Waals surface area contributed by atoms with Crippen LogP contribution in [0.25, 0.3) is 0 Å². The lowest BCUT2D eigenvalue weighted by Gasteiger charge is -2.08. The molecule has 0 radical (unpaired) electrons. The lowest BCUT2D eigenvalue weighted by atomic mass is 10.1. The van der Waals surface area contributed by atoms with E-state index >= 15 is 0 Å². The van der Waals surface area contributed by atoms with Gasteiger partial charge in [-0.05, 0) is 17.7 Å². The summed E-state index contributed by atoms with van der Waals surface area (Å²) in [6.07, 6.45) is -0.0803. The molecule has 1 heterocycles. The third-order valence-electron chi connectivity index (χ3n) is 2.12. The quantitative estimate of drug-likeness (QED) is 0.747. The fourth-order valence-electron chi connectivity index (χ4n) is 1.38. The second kappa shape index (κ2) is 3.67. The van der Waals surface area contributed by atoms with Crippen molar-refractivity contribution >= 4 is 11.6 Å². The smallest absolute Gasteiger partial charge is 0.208 e. The first-order valence-corrected chi connectivity index (χ1v) is 4.54. The Morgan fingerprint density at radius 1 is 1.50 bits per heavy atom. The van der Waals surface area contributed by atoms with Gasteiger partial charge in [-0.1, -0.05) is 12.1 Å². The number of hydrogen-bond donors (Lipinski definition) is 2. The van der Waals surface area contributed by atoms with Crippen LogP contribution in [0.4, 0.5) is 5.69 Å². The molecule has 1 aliphatic heterocycles. The summed E-state index contributed by atoms with van der Waals surface area (Å²) < 4.78 is 0. The predicted molar refractivity (Wildman–Crippen MR) is 56.1 cm³/mol. The third-order valence-corrected chi connectivity index (χ3v) is 2.12. The average Bonchev–Trinajstić information content (AvgIpc) is 2.65. The van der Waals surface area contributed by atoms with Crippen molar-refractivity contribution in [3.63, 3.8) is 0 Å². The summed E-state index contributed by atoms with van der Waals surface area (Å²) >= 11 is 0. The average molecular weight is 191 g/mol. The molecule has 1 aliphatic rings. The molecule has 0 aliphatic carbocycles. The van der Waals surface area contributed by atoms with Crippen LogP contribution in [0, 0.1) is 0 Å². The molecule has 74 valence electrons. The molecule has 4 nitrogen and oxygen atoms in total. The van der Waals surface area contributed by atoms with Crippen molar-refractivity contribution in [2.24, 2.45) is 4.99 Å². The van der Waals surface area contributed by atoms with Crippen LogP contribution in [-0.4, -0.2) is 12.9 Å². The maximum atomic E-state index is 5.07. The standard InChI is InChI=1S/C10H13N3O/c1-7-12-10(13-14-7)8-4-3-5-9(6-8)11-2/h3-6,10-11,13H,1-2H3. The Morgan fingerprint density at radius 2 is 2.36 bits per heavy atom. The van der Waals surface area contributed by atoms with E-state index in [4.69, 9.17) is 4.84 Å². The molecule has 14 heavy (non-hydrogen) atoms. The molecule has 2 N–H and O–H groups in total. The van der Waals surface area contributed by atoms with Crippen LogP contribution in [0.2, 0.25) is 0 Å². The van der Waals surface area contributed by atoms with E-state index in [0.717, 1.165) is 11.3 Å². The van der Waals surface area contributed by atoms with Gasteiger partial charge >= 0.3 is 0 Å². The Hall–Kier alpha value is -1.55. The van der Waals surface area contributed by atoms with Crippen LogP contribution >= 0.6 is 0 Å². The first kappa shape index (κ1) is 9.02. The van der Waals surface area contributed by atoms with E-state index in [9.17, 15) is 0 Å². The van der Waals surface area contributed by atoms with Crippen molar-refractivity contribution < 1.29 is 4.84 Å². The Bertz CT molecular complexity index is 362. The molecule has 0 saturated carbocycles. The number of hydrogen-bond acceptors (Lipinski definition) is 4. The SMILES string of the molecule is CNc1cccc(C2N=C(C)ON2)c1. The number of benzene rings is 1. The van der Waals surface area contributed by atoms with Crippen molar-refractivity contribution in [3.8, 4) is 0 Å². The van der Waals surface area contributed by atoms with Gasteiger partial charge in [0.1, 0.15) is 0 Å². The van der Waals surface area contributed by atoms with Gasteiger partial charge in [0, 0.05) is 19.7 Å². The second-order valence-electron chi connectivity index (χ2n) is 3.15. The fraction of sp³-hybridized carbons (Fsp3) is 0.300. The summed E-state index contributed by atoms with van der Waals surface area (Å²) in [6.45, 7) is 1.83. The molecule has 1 atom stereocenters. The molecular weight excluding hydrogens is 178 g/mol. The van der Waals surface area contributed by atoms with Crippen LogP contribution in [-0.2, 0) is 4.84 Å². The van der Waals surface area contributed by atoms with E-state index in [1.165, 1.54) is 0 Å².